The van der Waals surface area contributed by atoms with Gasteiger partial charge in [0.15, 0.2) is 5.78 Å². The monoisotopic (exact) mass is 539 g/mol. The molecule has 2 aliphatic carbocycles. The maximum absolute atomic E-state index is 13.6. The molecule has 1 N–H and O–H groups in total. The first-order valence-electron chi connectivity index (χ1n) is 13.1. The van der Waals surface area contributed by atoms with Gasteiger partial charge in [0.2, 0.25) is 0 Å². The molecule has 2 bridgehead atoms. The molecule has 3 rings (SSSR count). The third kappa shape index (κ3) is 6.45. The number of carbonyl (C=O) groups excluding carboxylic acids is 3. The number of rotatable bonds is 5. The molecule has 2 amide bonds. The van der Waals surface area contributed by atoms with Gasteiger partial charge < -0.3 is 9.64 Å². The van der Waals surface area contributed by atoms with Crippen molar-refractivity contribution in [1.82, 2.24) is 10.3 Å². The first-order valence-corrected chi connectivity index (χ1v) is 13.5. The summed E-state index contributed by atoms with van der Waals surface area (Å²) >= 11 is 6.18. The van der Waals surface area contributed by atoms with Gasteiger partial charge in [-0.05, 0) is 82.8 Å². The van der Waals surface area contributed by atoms with Gasteiger partial charge >= 0.3 is 6.09 Å². The molecule has 0 spiro atoms. The van der Waals surface area contributed by atoms with Crippen molar-refractivity contribution in [2.75, 3.05) is 24.6 Å². The van der Waals surface area contributed by atoms with Gasteiger partial charge in [-0.2, -0.15) is 0 Å². The Morgan fingerprint density at radius 2 is 1.70 bits per heavy atom. The largest absolute Gasteiger partial charge is 0.443 e. The van der Waals surface area contributed by atoms with E-state index >= 15 is 0 Å². The Labute approximate surface area is 226 Å². The topological polar surface area (TPSA) is 79.0 Å². The zero-order chi connectivity index (χ0) is 28.3. The van der Waals surface area contributed by atoms with Gasteiger partial charge in [0.25, 0.3) is 5.91 Å². The van der Waals surface area contributed by atoms with Gasteiger partial charge in [0, 0.05) is 5.41 Å². The lowest BCUT2D eigenvalue weighted by Crippen LogP contribution is -2.53. The summed E-state index contributed by atoms with van der Waals surface area (Å²) in [6.07, 6.45) is 0.588. The van der Waals surface area contributed by atoms with Crippen molar-refractivity contribution in [3.8, 4) is 0 Å². The summed E-state index contributed by atoms with van der Waals surface area (Å²) in [7, 11) is 0. The number of hydrogen-bond donors (Lipinski definition) is 1. The van der Waals surface area contributed by atoms with Crippen LogP contribution in [0.3, 0.4) is 0 Å². The van der Waals surface area contributed by atoms with E-state index in [4.69, 9.17) is 16.3 Å². The summed E-state index contributed by atoms with van der Waals surface area (Å²) in [4.78, 5) is 41.7. The van der Waals surface area contributed by atoms with Crippen LogP contribution in [0, 0.1) is 28.5 Å². The SMILES string of the molecule is CC(C)(C)OC(=O)NN(C(=O)C1C(=O)[C@@]2(C)CC[C@@H]1C2(C)C)c1ccc(F)cc1Cl.CCN(CC)CC. The number of benzene rings is 1. The molecular weight excluding hydrogens is 497 g/mol. The zero-order valence-electron chi connectivity index (χ0n) is 23.7. The fourth-order valence-electron chi connectivity index (χ4n) is 5.47. The Morgan fingerprint density at radius 1 is 1.14 bits per heavy atom. The zero-order valence-corrected chi connectivity index (χ0v) is 24.5. The van der Waals surface area contributed by atoms with Crippen molar-refractivity contribution in [1.29, 1.82) is 0 Å². The number of amides is 2. The van der Waals surface area contributed by atoms with Gasteiger partial charge in [0.05, 0.1) is 10.7 Å². The number of anilines is 1. The maximum Gasteiger partial charge on any atom is 0.427 e. The summed E-state index contributed by atoms with van der Waals surface area (Å²) in [5, 5.41) is 0.860. The number of ketones is 1. The van der Waals surface area contributed by atoms with Crippen LogP contribution in [0.5, 0.6) is 0 Å². The summed E-state index contributed by atoms with van der Waals surface area (Å²) in [5.41, 5.74) is 0.723. The van der Waals surface area contributed by atoms with E-state index in [1.807, 2.05) is 20.8 Å². The molecule has 0 radical (unpaired) electrons. The molecule has 0 aromatic heterocycles. The molecule has 2 saturated carbocycles. The van der Waals surface area contributed by atoms with Crippen molar-refractivity contribution in [2.45, 2.75) is 80.8 Å². The first kappa shape index (κ1) is 31.0. The van der Waals surface area contributed by atoms with E-state index in [0.717, 1.165) is 30.0 Å². The van der Waals surface area contributed by atoms with E-state index in [0.29, 0.717) is 0 Å². The standard InChI is InChI=1S/C22H28ClFN2O4.C6H15N/c1-20(2,3)30-19(29)25-26(15-8-7-12(24)11-14(15)23)18(28)16-13-9-10-22(6,17(16)27)21(13,4)5;1-4-7(5-2)6-3/h7-8,11,13,16H,9-10H2,1-6H3,(H,25,29);4-6H2,1-3H3/t13-,16?,22+;/m0./s1. The number of hydrazine groups is 1. The van der Waals surface area contributed by atoms with Gasteiger partial charge in [-0.3, -0.25) is 9.59 Å². The number of ether oxygens (including phenoxy) is 1. The summed E-state index contributed by atoms with van der Waals surface area (Å²) in [6, 6.07) is 3.46. The van der Waals surface area contributed by atoms with Crippen LogP contribution in [0.4, 0.5) is 14.9 Å². The van der Waals surface area contributed by atoms with Crippen LogP contribution in [0.25, 0.3) is 0 Å². The highest BCUT2D eigenvalue weighted by atomic mass is 35.5. The lowest BCUT2D eigenvalue weighted by Gasteiger charge is -2.32. The third-order valence-corrected chi connectivity index (χ3v) is 8.42. The van der Waals surface area contributed by atoms with Crippen LogP contribution in [0.15, 0.2) is 18.2 Å². The van der Waals surface area contributed by atoms with Crippen LogP contribution < -0.4 is 10.4 Å². The average molecular weight is 540 g/mol. The quantitative estimate of drug-likeness (QED) is 0.354. The Balaban J connectivity index is 0.000000604. The van der Waals surface area contributed by atoms with Crippen molar-refractivity contribution < 1.29 is 23.5 Å². The minimum atomic E-state index is -0.921. The maximum atomic E-state index is 13.6. The summed E-state index contributed by atoms with van der Waals surface area (Å²) in [6.45, 7) is 21.1. The molecule has 1 unspecified atom stereocenters. The normalized spacial score (nSPS) is 23.9. The molecular formula is C28H43ClFN3O4. The van der Waals surface area contributed by atoms with E-state index in [-0.39, 0.29) is 27.8 Å². The molecule has 0 heterocycles. The highest BCUT2D eigenvalue weighted by molar-refractivity contribution is 6.34. The van der Waals surface area contributed by atoms with Crippen molar-refractivity contribution in [3.05, 3.63) is 29.0 Å². The molecule has 0 saturated heterocycles. The lowest BCUT2D eigenvalue weighted by molar-refractivity contribution is -0.138. The number of nitrogens with one attached hydrogen (secondary N) is 1. The van der Waals surface area contributed by atoms with Crippen LogP contribution in [0.2, 0.25) is 5.02 Å². The van der Waals surface area contributed by atoms with Gasteiger partial charge in [0.1, 0.15) is 17.3 Å². The van der Waals surface area contributed by atoms with Gasteiger partial charge in [-0.25, -0.2) is 19.6 Å². The van der Waals surface area contributed by atoms with E-state index < -0.39 is 34.8 Å². The average Bonchev–Trinajstić information content (AvgIpc) is 3.10. The second-order valence-corrected chi connectivity index (χ2v) is 12.0. The second-order valence-electron chi connectivity index (χ2n) is 11.5. The number of nitrogens with zero attached hydrogens (tertiary/aromatic N) is 2. The molecule has 208 valence electrons. The summed E-state index contributed by atoms with van der Waals surface area (Å²) in [5.74, 6) is -2.40. The fourth-order valence-corrected chi connectivity index (χ4v) is 5.72. The minimum Gasteiger partial charge on any atom is -0.443 e. The number of Topliss-reactive ketones (excluding diaryl/α,β-unsaturated/α-hetero) is 1. The van der Waals surface area contributed by atoms with Crippen molar-refractivity contribution in [3.63, 3.8) is 0 Å². The van der Waals surface area contributed by atoms with Crippen molar-refractivity contribution >= 4 is 35.1 Å². The second kappa shape index (κ2) is 11.7. The Kier molecular flexibility index (Phi) is 9.80. The third-order valence-electron chi connectivity index (χ3n) is 8.11. The molecule has 9 heteroatoms. The van der Waals surface area contributed by atoms with E-state index in [2.05, 4.69) is 31.1 Å². The fraction of sp³-hybridized carbons (Fsp3) is 0.679. The van der Waals surface area contributed by atoms with E-state index in [9.17, 15) is 18.8 Å². The molecule has 1 aromatic rings. The molecule has 0 aliphatic heterocycles. The molecule has 2 aliphatic rings. The van der Waals surface area contributed by atoms with Crippen LogP contribution in [-0.4, -0.2) is 47.9 Å². The highest BCUT2D eigenvalue weighted by Crippen LogP contribution is 2.66. The molecule has 2 fully saturated rings. The van der Waals surface area contributed by atoms with Gasteiger partial charge in [-0.1, -0.05) is 53.1 Å². The number of halogens is 2. The van der Waals surface area contributed by atoms with Crippen LogP contribution in [-0.2, 0) is 14.3 Å². The number of fused-ring (bicyclic) bond motifs is 2. The Hall–Kier alpha value is -2.19. The Bertz CT molecular complexity index is 1000. The van der Waals surface area contributed by atoms with E-state index in [1.54, 1.807) is 20.8 Å². The predicted molar refractivity (Wildman–Crippen MR) is 145 cm³/mol. The smallest absolute Gasteiger partial charge is 0.427 e. The number of carbonyl (C=O) groups is 3. The predicted octanol–water partition coefficient (Wildman–Crippen LogP) is 6.24. The molecule has 1 aromatic carbocycles. The van der Waals surface area contributed by atoms with Gasteiger partial charge in [-0.15, -0.1) is 0 Å². The Morgan fingerprint density at radius 3 is 2.11 bits per heavy atom. The van der Waals surface area contributed by atoms with Crippen LogP contribution in [0.1, 0.15) is 75.2 Å². The first-order chi connectivity index (χ1) is 17.0. The minimum absolute atomic E-state index is 0.0690. The molecule has 7 nitrogen and oxygen atoms in total. The highest BCUT2D eigenvalue weighted by Gasteiger charge is 2.68. The van der Waals surface area contributed by atoms with Crippen molar-refractivity contribution in [2.24, 2.45) is 22.7 Å². The molecule has 3 atom stereocenters. The van der Waals surface area contributed by atoms with Crippen LogP contribution >= 0.6 is 11.6 Å². The number of hydrogen-bond acceptors (Lipinski definition) is 5. The lowest BCUT2D eigenvalue weighted by atomic mass is 9.70. The molecule has 37 heavy (non-hydrogen) atoms. The summed E-state index contributed by atoms with van der Waals surface area (Å²) < 4.78 is 18.9. The van der Waals surface area contributed by atoms with E-state index in [1.165, 1.54) is 25.7 Å².